The summed E-state index contributed by atoms with van der Waals surface area (Å²) < 4.78 is 20.1. The van der Waals surface area contributed by atoms with E-state index in [-0.39, 0.29) is 29.3 Å². The van der Waals surface area contributed by atoms with Crippen LogP contribution in [0.15, 0.2) is 21.7 Å². The number of carbonyl (C=O) groups is 1. The molecule has 0 aromatic heterocycles. The van der Waals surface area contributed by atoms with Crippen LogP contribution in [0, 0.1) is 11.7 Å². The van der Waals surface area contributed by atoms with Crippen LogP contribution in [0.3, 0.4) is 0 Å². The van der Waals surface area contributed by atoms with Gasteiger partial charge in [-0.25, -0.2) is 9.82 Å². The molecule has 1 atom stereocenters. The topological polar surface area (TPSA) is 70.9 Å². The van der Waals surface area contributed by atoms with E-state index in [9.17, 15) is 9.18 Å². The molecule has 0 radical (unpaired) electrons. The first-order valence-electron chi connectivity index (χ1n) is 6.63. The van der Waals surface area contributed by atoms with E-state index >= 15 is 0 Å². The van der Waals surface area contributed by atoms with Crippen molar-refractivity contribution in [2.45, 2.75) is 19.8 Å². The number of benzene rings is 1. The molecule has 5 nitrogen and oxygen atoms in total. The van der Waals surface area contributed by atoms with Gasteiger partial charge < -0.3 is 9.84 Å². The third-order valence-electron chi connectivity index (χ3n) is 3.14. The number of ether oxygens (including phenoxy) is 1. The Labute approximate surface area is 130 Å². The summed E-state index contributed by atoms with van der Waals surface area (Å²) in [6.07, 6.45) is 0.760. The molecule has 0 bridgehead atoms. The summed E-state index contributed by atoms with van der Waals surface area (Å²) in [5, 5.41) is 12.7. The lowest BCUT2D eigenvalue weighted by Crippen LogP contribution is -2.32. The van der Waals surface area contributed by atoms with Crippen molar-refractivity contribution in [1.82, 2.24) is 5.43 Å². The molecule has 1 heterocycles. The zero-order valence-corrected chi connectivity index (χ0v) is 13.1. The molecule has 1 aromatic rings. The quantitative estimate of drug-likeness (QED) is 0.792. The van der Waals surface area contributed by atoms with Crippen molar-refractivity contribution in [3.05, 3.63) is 28.0 Å². The van der Waals surface area contributed by atoms with Crippen molar-refractivity contribution in [3.63, 3.8) is 0 Å². The Bertz CT molecular complexity index is 578. The maximum atomic E-state index is 14.5. The molecule has 7 heteroatoms. The maximum absolute atomic E-state index is 14.5. The van der Waals surface area contributed by atoms with Gasteiger partial charge in [-0.2, -0.15) is 5.10 Å². The van der Waals surface area contributed by atoms with Crippen LogP contribution in [0.25, 0.3) is 0 Å². The number of halogens is 2. The minimum atomic E-state index is -0.474. The lowest BCUT2D eigenvalue weighted by molar-refractivity contribution is -0.121. The molecule has 1 aliphatic rings. The molecule has 114 valence electrons. The highest BCUT2D eigenvalue weighted by Crippen LogP contribution is 2.32. The van der Waals surface area contributed by atoms with Crippen LogP contribution in [-0.4, -0.2) is 29.9 Å². The second-order valence-electron chi connectivity index (χ2n) is 4.80. The first-order valence-corrected chi connectivity index (χ1v) is 7.42. The lowest BCUT2D eigenvalue weighted by Gasteiger charge is -2.20. The molecule has 1 unspecified atom stereocenters. The van der Waals surface area contributed by atoms with E-state index in [0.717, 1.165) is 0 Å². The molecule has 0 fully saturated rings. The predicted molar refractivity (Wildman–Crippen MR) is 79.8 cm³/mol. The van der Waals surface area contributed by atoms with Crippen LogP contribution in [0.2, 0.25) is 0 Å². The number of hydrogen-bond acceptors (Lipinski definition) is 4. The Morgan fingerprint density at radius 3 is 3.00 bits per heavy atom. The number of nitrogens with zero attached hydrogens (tertiary/aromatic N) is 1. The predicted octanol–water partition coefficient (Wildman–Crippen LogP) is 2.21. The molecule has 1 amide bonds. The average molecular weight is 359 g/mol. The monoisotopic (exact) mass is 358 g/mol. The number of aliphatic hydroxyl groups excluding tert-OH is 1. The van der Waals surface area contributed by atoms with E-state index in [1.165, 1.54) is 0 Å². The average Bonchev–Trinajstić information content (AvgIpc) is 2.45. The third-order valence-corrected chi connectivity index (χ3v) is 3.88. The Kier molecular flexibility index (Phi) is 5.30. The van der Waals surface area contributed by atoms with Gasteiger partial charge in [-0.1, -0.05) is 6.92 Å². The molecule has 0 spiro atoms. The minimum absolute atomic E-state index is 0.0200. The van der Waals surface area contributed by atoms with Gasteiger partial charge in [-0.05, 0) is 28.1 Å². The van der Waals surface area contributed by atoms with Gasteiger partial charge in [-0.3, -0.25) is 4.79 Å². The van der Waals surface area contributed by atoms with Crippen LogP contribution in [-0.2, 0) is 4.79 Å². The first kappa shape index (κ1) is 15.9. The van der Waals surface area contributed by atoms with Gasteiger partial charge in [0.15, 0.2) is 0 Å². The Morgan fingerprint density at radius 2 is 2.33 bits per heavy atom. The van der Waals surface area contributed by atoms with E-state index in [0.29, 0.717) is 30.1 Å². The summed E-state index contributed by atoms with van der Waals surface area (Å²) in [6.45, 7) is 2.16. The summed E-state index contributed by atoms with van der Waals surface area (Å²) in [4.78, 5) is 11.2. The van der Waals surface area contributed by atoms with Crippen LogP contribution in [0.5, 0.6) is 5.75 Å². The Hall–Kier alpha value is -1.47. The summed E-state index contributed by atoms with van der Waals surface area (Å²) in [6, 6.07) is 3.23. The standard InChI is InChI=1S/C14H16BrFN2O3/c1-8-7-11(20)17-18-14(8)9-3-4-10(12(15)13(9)16)21-6-2-5-19/h3-4,8,19H,2,5-7H2,1H3,(H,17,20). The summed E-state index contributed by atoms with van der Waals surface area (Å²) in [5.74, 6) is -0.424. The fourth-order valence-electron chi connectivity index (χ4n) is 2.07. The molecule has 1 aromatic carbocycles. The third kappa shape index (κ3) is 3.59. The number of amides is 1. The number of carbonyl (C=O) groups excluding carboxylic acids is 1. The number of nitrogens with one attached hydrogen (secondary N) is 1. The highest BCUT2D eigenvalue weighted by molar-refractivity contribution is 9.10. The summed E-state index contributed by atoms with van der Waals surface area (Å²) in [5.41, 5.74) is 3.22. The summed E-state index contributed by atoms with van der Waals surface area (Å²) >= 11 is 3.18. The van der Waals surface area contributed by atoms with E-state index in [1.807, 2.05) is 6.92 Å². The van der Waals surface area contributed by atoms with Crippen LogP contribution in [0.1, 0.15) is 25.3 Å². The van der Waals surface area contributed by atoms with E-state index in [2.05, 4.69) is 26.5 Å². The van der Waals surface area contributed by atoms with Gasteiger partial charge in [-0.15, -0.1) is 0 Å². The SMILES string of the molecule is CC1CC(=O)NN=C1c1ccc(OCCCO)c(Br)c1F. The van der Waals surface area contributed by atoms with Crippen molar-refractivity contribution < 1.29 is 19.0 Å². The van der Waals surface area contributed by atoms with Crippen LogP contribution in [0.4, 0.5) is 4.39 Å². The van der Waals surface area contributed by atoms with E-state index in [4.69, 9.17) is 9.84 Å². The van der Waals surface area contributed by atoms with Crippen molar-refractivity contribution in [2.75, 3.05) is 13.2 Å². The molecule has 2 N–H and O–H groups in total. The largest absolute Gasteiger partial charge is 0.492 e. The van der Waals surface area contributed by atoms with Crippen molar-refractivity contribution in [3.8, 4) is 5.75 Å². The molecule has 1 aliphatic heterocycles. The fraction of sp³-hybridized carbons (Fsp3) is 0.429. The van der Waals surface area contributed by atoms with Gasteiger partial charge in [0, 0.05) is 30.9 Å². The fourth-order valence-corrected chi connectivity index (χ4v) is 2.53. The van der Waals surface area contributed by atoms with Gasteiger partial charge in [0.25, 0.3) is 0 Å². The Balaban J connectivity index is 2.26. The zero-order valence-electron chi connectivity index (χ0n) is 11.5. The molecular weight excluding hydrogens is 343 g/mol. The van der Waals surface area contributed by atoms with Crippen LogP contribution >= 0.6 is 15.9 Å². The summed E-state index contributed by atoms with van der Waals surface area (Å²) in [7, 11) is 0. The van der Waals surface area contributed by atoms with Gasteiger partial charge in [0.2, 0.25) is 5.91 Å². The van der Waals surface area contributed by atoms with Gasteiger partial charge in [0.1, 0.15) is 11.6 Å². The van der Waals surface area contributed by atoms with Crippen molar-refractivity contribution in [1.29, 1.82) is 0 Å². The van der Waals surface area contributed by atoms with Gasteiger partial charge >= 0.3 is 0 Å². The molecular formula is C14H16BrFN2O3. The van der Waals surface area contributed by atoms with E-state index < -0.39 is 5.82 Å². The number of aliphatic hydroxyl groups is 1. The number of hydrazone groups is 1. The molecule has 2 rings (SSSR count). The minimum Gasteiger partial charge on any atom is -0.492 e. The smallest absolute Gasteiger partial charge is 0.240 e. The second-order valence-corrected chi connectivity index (χ2v) is 5.60. The highest BCUT2D eigenvalue weighted by Gasteiger charge is 2.25. The highest BCUT2D eigenvalue weighted by atomic mass is 79.9. The second kappa shape index (κ2) is 7.00. The Morgan fingerprint density at radius 1 is 1.57 bits per heavy atom. The van der Waals surface area contributed by atoms with Gasteiger partial charge in [0.05, 0.1) is 16.8 Å². The molecule has 0 aliphatic carbocycles. The normalized spacial score (nSPS) is 18.2. The maximum Gasteiger partial charge on any atom is 0.240 e. The molecule has 0 saturated heterocycles. The number of hydrogen-bond donors (Lipinski definition) is 2. The van der Waals surface area contributed by atoms with Crippen molar-refractivity contribution in [2.24, 2.45) is 11.0 Å². The lowest BCUT2D eigenvalue weighted by atomic mass is 9.94. The molecule has 0 saturated carbocycles. The van der Waals surface area contributed by atoms with Crippen molar-refractivity contribution >= 4 is 27.5 Å². The van der Waals surface area contributed by atoms with E-state index in [1.54, 1.807) is 12.1 Å². The molecule has 21 heavy (non-hydrogen) atoms. The zero-order chi connectivity index (χ0) is 15.4. The van der Waals surface area contributed by atoms with Crippen LogP contribution < -0.4 is 10.2 Å². The first-order chi connectivity index (χ1) is 10.0. The number of rotatable bonds is 5.